The fraction of sp³-hybridized carbons (Fsp3) is 0.409. The topological polar surface area (TPSA) is 72.0 Å². The van der Waals surface area contributed by atoms with Crippen molar-refractivity contribution in [3.05, 3.63) is 59.9 Å². The predicted octanol–water partition coefficient (Wildman–Crippen LogP) is 1.83. The second-order valence-electron chi connectivity index (χ2n) is 7.55. The summed E-state index contributed by atoms with van der Waals surface area (Å²) in [7, 11) is 1.63. The molecule has 0 radical (unpaired) electrons. The Kier molecular flexibility index (Phi) is 5.24. The van der Waals surface area contributed by atoms with Gasteiger partial charge < -0.3 is 19.3 Å². The number of ether oxygens (including phenoxy) is 2. The monoisotopic (exact) mass is 395 g/mol. The number of carbonyl (C=O) groups excluding carboxylic acids is 2. The molecule has 0 aliphatic carbocycles. The van der Waals surface area contributed by atoms with Crippen molar-refractivity contribution < 1.29 is 19.1 Å². The summed E-state index contributed by atoms with van der Waals surface area (Å²) < 4.78 is 11.4. The van der Waals surface area contributed by atoms with Crippen LogP contribution in [0.3, 0.4) is 0 Å². The van der Waals surface area contributed by atoms with Gasteiger partial charge in [-0.15, -0.1) is 0 Å². The summed E-state index contributed by atoms with van der Waals surface area (Å²) in [5.41, 5.74) is 0.867. The molecule has 2 fully saturated rings. The summed E-state index contributed by atoms with van der Waals surface area (Å²) in [5, 5.41) is 0. The zero-order valence-corrected chi connectivity index (χ0v) is 16.7. The number of rotatable bonds is 4. The van der Waals surface area contributed by atoms with Gasteiger partial charge in [-0.05, 0) is 29.3 Å². The van der Waals surface area contributed by atoms with Crippen molar-refractivity contribution in [3.63, 3.8) is 0 Å². The molecule has 2 atom stereocenters. The number of pyridine rings is 1. The number of carbonyl (C=O) groups is 2. The fourth-order valence-corrected chi connectivity index (χ4v) is 4.26. The van der Waals surface area contributed by atoms with E-state index in [2.05, 4.69) is 4.98 Å². The quantitative estimate of drug-likeness (QED) is 0.790. The van der Waals surface area contributed by atoms with E-state index in [1.165, 1.54) is 6.92 Å². The van der Waals surface area contributed by atoms with Crippen molar-refractivity contribution in [2.75, 3.05) is 33.4 Å². The molecule has 0 bridgehead atoms. The van der Waals surface area contributed by atoms with Gasteiger partial charge in [0.15, 0.2) is 5.60 Å². The van der Waals surface area contributed by atoms with Gasteiger partial charge in [0.1, 0.15) is 5.75 Å². The van der Waals surface area contributed by atoms with Gasteiger partial charge in [-0.1, -0.05) is 18.2 Å². The summed E-state index contributed by atoms with van der Waals surface area (Å²) >= 11 is 0. The maximum Gasteiger partial charge on any atom is 0.257 e. The first-order valence-electron chi connectivity index (χ1n) is 9.75. The summed E-state index contributed by atoms with van der Waals surface area (Å²) in [5.74, 6) is 0.408. The number of morpholine rings is 1. The Morgan fingerprint density at radius 1 is 1.31 bits per heavy atom. The molecule has 2 aromatic rings. The van der Waals surface area contributed by atoms with E-state index in [1.54, 1.807) is 24.4 Å². The van der Waals surface area contributed by atoms with E-state index in [-0.39, 0.29) is 24.3 Å². The molecule has 0 saturated carbocycles. The third kappa shape index (κ3) is 3.58. The highest BCUT2D eigenvalue weighted by molar-refractivity contribution is 5.89. The van der Waals surface area contributed by atoms with Crippen LogP contribution < -0.4 is 4.74 Å². The Balaban J connectivity index is 1.63. The first-order chi connectivity index (χ1) is 14.0. The molecule has 2 saturated heterocycles. The molecule has 152 valence electrons. The smallest absolute Gasteiger partial charge is 0.257 e. The first-order valence-corrected chi connectivity index (χ1v) is 9.75. The van der Waals surface area contributed by atoms with Crippen LogP contribution in [0.15, 0.2) is 48.8 Å². The number of amides is 2. The highest BCUT2D eigenvalue weighted by Gasteiger charge is 2.57. The van der Waals surface area contributed by atoms with E-state index >= 15 is 0 Å². The number of hydrogen-bond donors (Lipinski definition) is 0. The number of hydrogen-bond acceptors (Lipinski definition) is 5. The maximum absolute atomic E-state index is 13.6. The van der Waals surface area contributed by atoms with Gasteiger partial charge in [-0.25, -0.2) is 0 Å². The van der Waals surface area contributed by atoms with Crippen LogP contribution in [0.4, 0.5) is 0 Å². The van der Waals surface area contributed by atoms with Gasteiger partial charge in [-0.3, -0.25) is 14.6 Å². The van der Waals surface area contributed by atoms with Crippen LogP contribution in [-0.4, -0.2) is 65.6 Å². The zero-order chi connectivity index (χ0) is 20.4. The number of benzene rings is 1. The standard InChI is InChI=1S/C22H25N3O4/c1-16(26)25-14-20(18-4-3-9-23-12-18)22(15-25)21(27)24(10-11-29-22)13-17-5-7-19(28-2)8-6-17/h3-9,12,20H,10-11,13-15H2,1-2H3/t20-,22+/m0/s1. The molecule has 2 amide bonds. The lowest BCUT2D eigenvalue weighted by molar-refractivity contribution is -0.173. The van der Waals surface area contributed by atoms with Crippen LogP contribution in [0.2, 0.25) is 0 Å². The van der Waals surface area contributed by atoms with Crippen molar-refractivity contribution in [3.8, 4) is 5.75 Å². The number of methoxy groups -OCH3 is 1. The highest BCUT2D eigenvalue weighted by atomic mass is 16.5. The summed E-state index contributed by atoms with van der Waals surface area (Å²) in [6.07, 6.45) is 3.46. The Morgan fingerprint density at radius 3 is 2.76 bits per heavy atom. The van der Waals surface area contributed by atoms with Crippen molar-refractivity contribution in [2.45, 2.75) is 25.0 Å². The number of nitrogens with zero attached hydrogens (tertiary/aromatic N) is 3. The van der Waals surface area contributed by atoms with E-state index < -0.39 is 5.60 Å². The summed E-state index contributed by atoms with van der Waals surface area (Å²) in [4.78, 5) is 33.5. The first kappa shape index (κ1) is 19.4. The van der Waals surface area contributed by atoms with Crippen LogP contribution in [0.1, 0.15) is 24.0 Å². The molecule has 0 N–H and O–H groups in total. The highest BCUT2D eigenvalue weighted by Crippen LogP contribution is 2.42. The summed E-state index contributed by atoms with van der Waals surface area (Å²) in [6, 6.07) is 11.5. The van der Waals surface area contributed by atoms with Crippen LogP contribution in [0, 0.1) is 0 Å². The van der Waals surface area contributed by atoms with Crippen LogP contribution in [-0.2, 0) is 20.9 Å². The Bertz CT molecular complexity index is 887. The molecule has 7 nitrogen and oxygen atoms in total. The average Bonchev–Trinajstić information content (AvgIpc) is 3.13. The van der Waals surface area contributed by atoms with Crippen molar-refractivity contribution >= 4 is 11.8 Å². The predicted molar refractivity (Wildman–Crippen MR) is 106 cm³/mol. The fourth-order valence-electron chi connectivity index (χ4n) is 4.26. The Labute approximate surface area is 170 Å². The zero-order valence-electron chi connectivity index (χ0n) is 16.7. The molecule has 0 unspecified atom stereocenters. The minimum absolute atomic E-state index is 0.0561. The lowest BCUT2D eigenvalue weighted by Gasteiger charge is -2.42. The average molecular weight is 395 g/mol. The second kappa shape index (κ2) is 7.83. The molecule has 3 heterocycles. The van der Waals surface area contributed by atoms with Gasteiger partial charge in [0, 0.05) is 44.9 Å². The molecule has 2 aliphatic heterocycles. The molecule has 1 aromatic heterocycles. The van der Waals surface area contributed by atoms with Gasteiger partial charge in [-0.2, -0.15) is 0 Å². The van der Waals surface area contributed by atoms with Crippen molar-refractivity contribution in [2.24, 2.45) is 0 Å². The molecule has 7 heteroatoms. The maximum atomic E-state index is 13.6. The molecule has 4 rings (SSSR count). The van der Waals surface area contributed by atoms with Crippen LogP contribution in [0.5, 0.6) is 5.75 Å². The molecule has 2 aliphatic rings. The van der Waals surface area contributed by atoms with E-state index in [0.29, 0.717) is 26.2 Å². The second-order valence-corrected chi connectivity index (χ2v) is 7.55. The number of aromatic nitrogens is 1. The Morgan fingerprint density at radius 2 is 2.10 bits per heavy atom. The van der Waals surface area contributed by atoms with E-state index in [1.807, 2.05) is 41.3 Å². The third-order valence-electron chi connectivity index (χ3n) is 5.83. The van der Waals surface area contributed by atoms with E-state index in [4.69, 9.17) is 9.47 Å². The molecule has 29 heavy (non-hydrogen) atoms. The van der Waals surface area contributed by atoms with Gasteiger partial charge in [0.25, 0.3) is 5.91 Å². The molecular weight excluding hydrogens is 370 g/mol. The largest absolute Gasteiger partial charge is 0.497 e. The SMILES string of the molecule is COc1ccc(CN2CCO[C@@]3(CN(C(C)=O)C[C@H]3c3cccnc3)C2=O)cc1. The molecule has 1 spiro atoms. The minimum Gasteiger partial charge on any atom is -0.497 e. The Hall–Kier alpha value is -2.93. The van der Waals surface area contributed by atoms with Crippen molar-refractivity contribution in [1.82, 2.24) is 14.8 Å². The van der Waals surface area contributed by atoms with Crippen LogP contribution >= 0.6 is 0 Å². The van der Waals surface area contributed by atoms with Gasteiger partial charge >= 0.3 is 0 Å². The lowest BCUT2D eigenvalue weighted by Crippen LogP contribution is -2.60. The van der Waals surface area contributed by atoms with Crippen LogP contribution in [0.25, 0.3) is 0 Å². The molecule has 1 aromatic carbocycles. The van der Waals surface area contributed by atoms with Gasteiger partial charge in [0.05, 0.1) is 20.3 Å². The van der Waals surface area contributed by atoms with E-state index in [9.17, 15) is 9.59 Å². The van der Waals surface area contributed by atoms with E-state index in [0.717, 1.165) is 16.9 Å². The third-order valence-corrected chi connectivity index (χ3v) is 5.83. The van der Waals surface area contributed by atoms with Gasteiger partial charge in [0.2, 0.25) is 5.91 Å². The normalized spacial score (nSPS) is 24.2. The molecular formula is C22H25N3O4. The summed E-state index contributed by atoms with van der Waals surface area (Å²) in [6.45, 7) is 3.69. The lowest BCUT2D eigenvalue weighted by atomic mass is 9.83. The minimum atomic E-state index is -1.07. The number of likely N-dealkylation sites (tertiary alicyclic amines) is 1. The van der Waals surface area contributed by atoms with Crippen molar-refractivity contribution in [1.29, 1.82) is 0 Å².